The molecule has 19 heavy (non-hydrogen) atoms. The summed E-state index contributed by atoms with van der Waals surface area (Å²) in [4.78, 5) is 0. The van der Waals surface area contributed by atoms with Crippen LogP contribution in [0.25, 0.3) is 10.8 Å². The van der Waals surface area contributed by atoms with Crippen molar-refractivity contribution in [1.29, 1.82) is 0 Å². The lowest BCUT2D eigenvalue weighted by molar-refractivity contribution is 0.301. The van der Waals surface area contributed by atoms with E-state index in [1.165, 1.54) is 5.39 Å². The van der Waals surface area contributed by atoms with Crippen LogP contribution in [-0.2, 0) is 13.7 Å². The first kappa shape index (κ1) is 12.2. The van der Waals surface area contributed by atoms with E-state index in [4.69, 9.17) is 4.74 Å². The molecule has 3 aromatic rings. The van der Waals surface area contributed by atoms with Crippen molar-refractivity contribution >= 4 is 26.7 Å². The van der Waals surface area contributed by atoms with Gasteiger partial charge in [0.05, 0.1) is 6.20 Å². The summed E-state index contributed by atoms with van der Waals surface area (Å²) in [5.74, 6) is 0.834. The predicted molar refractivity (Wildman–Crippen MR) is 77.0 cm³/mol. The molecule has 0 atom stereocenters. The zero-order valence-electron chi connectivity index (χ0n) is 10.4. The van der Waals surface area contributed by atoms with Crippen LogP contribution in [0.1, 0.15) is 5.69 Å². The molecule has 0 aliphatic carbocycles. The minimum absolute atomic E-state index is 0.426. The number of hydrogen-bond donors (Lipinski definition) is 0. The highest BCUT2D eigenvalue weighted by atomic mass is 79.9. The second-order valence-corrected chi connectivity index (χ2v) is 5.24. The SMILES string of the molecule is Cn1cc(COc2ccc3cc(Br)ccc3c2)nn1. The van der Waals surface area contributed by atoms with E-state index in [2.05, 4.69) is 38.4 Å². The molecule has 0 spiro atoms. The van der Waals surface area contributed by atoms with Crippen LogP contribution >= 0.6 is 15.9 Å². The fourth-order valence-electron chi connectivity index (χ4n) is 1.90. The summed E-state index contributed by atoms with van der Waals surface area (Å²) >= 11 is 3.47. The van der Waals surface area contributed by atoms with Gasteiger partial charge in [-0.05, 0) is 35.0 Å². The summed E-state index contributed by atoms with van der Waals surface area (Å²) in [6, 6.07) is 12.2. The molecule has 0 saturated heterocycles. The number of nitrogens with zero attached hydrogens (tertiary/aromatic N) is 3. The molecule has 2 aromatic carbocycles. The quantitative estimate of drug-likeness (QED) is 0.744. The third kappa shape index (κ3) is 2.76. The zero-order valence-corrected chi connectivity index (χ0v) is 12.0. The maximum absolute atomic E-state index is 5.72. The standard InChI is InChI=1S/C14H12BrN3O/c1-18-8-13(16-17-18)9-19-14-5-3-10-6-12(15)4-2-11(10)7-14/h2-8H,9H2,1H3. The molecular weight excluding hydrogens is 306 g/mol. The highest BCUT2D eigenvalue weighted by molar-refractivity contribution is 9.10. The Balaban J connectivity index is 1.79. The lowest BCUT2D eigenvalue weighted by atomic mass is 10.1. The van der Waals surface area contributed by atoms with E-state index in [1.807, 2.05) is 37.5 Å². The van der Waals surface area contributed by atoms with Gasteiger partial charge < -0.3 is 4.74 Å². The average Bonchev–Trinajstić information content (AvgIpc) is 2.82. The van der Waals surface area contributed by atoms with E-state index in [9.17, 15) is 0 Å². The number of aromatic nitrogens is 3. The Morgan fingerprint density at radius 2 is 1.95 bits per heavy atom. The van der Waals surface area contributed by atoms with Crippen molar-refractivity contribution in [3.63, 3.8) is 0 Å². The van der Waals surface area contributed by atoms with Crippen LogP contribution in [0.5, 0.6) is 5.75 Å². The summed E-state index contributed by atoms with van der Waals surface area (Å²) in [7, 11) is 1.84. The van der Waals surface area contributed by atoms with Gasteiger partial charge in [0.15, 0.2) is 0 Å². The van der Waals surface area contributed by atoms with Gasteiger partial charge >= 0.3 is 0 Å². The fraction of sp³-hybridized carbons (Fsp3) is 0.143. The van der Waals surface area contributed by atoms with Crippen molar-refractivity contribution in [2.45, 2.75) is 6.61 Å². The van der Waals surface area contributed by atoms with Crippen LogP contribution in [0.3, 0.4) is 0 Å². The zero-order chi connectivity index (χ0) is 13.2. The van der Waals surface area contributed by atoms with Crippen LogP contribution in [0, 0.1) is 0 Å². The topological polar surface area (TPSA) is 39.9 Å². The first-order valence-electron chi connectivity index (χ1n) is 5.88. The molecule has 5 heteroatoms. The fourth-order valence-corrected chi connectivity index (χ4v) is 2.28. The van der Waals surface area contributed by atoms with Crippen LogP contribution in [-0.4, -0.2) is 15.0 Å². The molecule has 4 nitrogen and oxygen atoms in total. The number of ether oxygens (including phenoxy) is 1. The van der Waals surface area contributed by atoms with Crippen LogP contribution in [0.4, 0.5) is 0 Å². The van der Waals surface area contributed by atoms with E-state index < -0.39 is 0 Å². The Morgan fingerprint density at radius 1 is 1.16 bits per heavy atom. The van der Waals surface area contributed by atoms with Crippen molar-refractivity contribution < 1.29 is 4.74 Å². The Hall–Kier alpha value is -1.88. The van der Waals surface area contributed by atoms with Gasteiger partial charge in [0.1, 0.15) is 18.1 Å². The van der Waals surface area contributed by atoms with Gasteiger partial charge in [-0.2, -0.15) is 0 Å². The third-order valence-electron chi connectivity index (χ3n) is 2.81. The number of hydrogen-bond acceptors (Lipinski definition) is 3. The lowest BCUT2D eigenvalue weighted by Crippen LogP contribution is -1.95. The molecule has 0 saturated carbocycles. The first-order valence-corrected chi connectivity index (χ1v) is 6.67. The second kappa shape index (κ2) is 5.01. The van der Waals surface area contributed by atoms with Crippen molar-refractivity contribution in [2.24, 2.45) is 7.05 Å². The molecular formula is C14H12BrN3O. The summed E-state index contributed by atoms with van der Waals surface area (Å²) < 4.78 is 8.46. The van der Waals surface area contributed by atoms with Gasteiger partial charge in [0.2, 0.25) is 0 Å². The van der Waals surface area contributed by atoms with Gasteiger partial charge in [0.25, 0.3) is 0 Å². The molecule has 0 aliphatic rings. The molecule has 0 radical (unpaired) electrons. The molecule has 0 N–H and O–H groups in total. The van der Waals surface area contributed by atoms with Crippen molar-refractivity contribution in [1.82, 2.24) is 15.0 Å². The lowest BCUT2D eigenvalue weighted by Gasteiger charge is -2.05. The van der Waals surface area contributed by atoms with E-state index in [0.717, 1.165) is 21.3 Å². The normalized spacial score (nSPS) is 10.8. The van der Waals surface area contributed by atoms with E-state index in [-0.39, 0.29) is 0 Å². The van der Waals surface area contributed by atoms with Gasteiger partial charge in [0, 0.05) is 11.5 Å². The number of benzene rings is 2. The summed E-state index contributed by atoms with van der Waals surface area (Å²) in [5.41, 5.74) is 0.818. The smallest absolute Gasteiger partial charge is 0.134 e. The highest BCUT2D eigenvalue weighted by Gasteiger charge is 2.01. The molecule has 0 fully saturated rings. The molecule has 0 bridgehead atoms. The number of halogens is 1. The Bertz CT molecular complexity index is 724. The molecule has 0 aliphatic heterocycles. The van der Waals surface area contributed by atoms with E-state index in [0.29, 0.717) is 6.61 Å². The van der Waals surface area contributed by atoms with E-state index >= 15 is 0 Å². The van der Waals surface area contributed by atoms with Crippen molar-refractivity contribution in [3.05, 3.63) is 52.8 Å². The van der Waals surface area contributed by atoms with Gasteiger partial charge in [-0.1, -0.05) is 33.3 Å². The molecule has 0 amide bonds. The second-order valence-electron chi connectivity index (χ2n) is 4.33. The third-order valence-corrected chi connectivity index (χ3v) is 3.30. The van der Waals surface area contributed by atoms with Crippen LogP contribution < -0.4 is 4.74 Å². The molecule has 3 rings (SSSR count). The minimum Gasteiger partial charge on any atom is -0.487 e. The number of aryl methyl sites for hydroxylation is 1. The van der Waals surface area contributed by atoms with Gasteiger partial charge in [-0.25, -0.2) is 0 Å². The largest absolute Gasteiger partial charge is 0.487 e. The summed E-state index contributed by atoms with van der Waals surface area (Å²) in [6.07, 6.45) is 1.85. The van der Waals surface area contributed by atoms with Gasteiger partial charge in [-0.15, -0.1) is 5.10 Å². The maximum atomic E-state index is 5.72. The van der Waals surface area contributed by atoms with Crippen LogP contribution in [0.2, 0.25) is 0 Å². The molecule has 96 valence electrons. The summed E-state index contributed by atoms with van der Waals surface area (Å²) in [5, 5.41) is 10.2. The highest BCUT2D eigenvalue weighted by Crippen LogP contribution is 2.24. The average molecular weight is 318 g/mol. The molecule has 0 unspecified atom stereocenters. The minimum atomic E-state index is 0.426. The van der Waals surface area contributed by atoms with Gasteiger partial charge in [-0.3, -0.25) is 4.68 Å². The monoisotopic (exact) mass is 317 g/mol. The Labute approximate surface area is 119 Å². The molecule has 1 heterocycles. The van der Waals surface area contributed by atoms with E-state index in [1.54, 1.807) is 4.68 Å². The predicted octanol–water partition coefficient (Wildman–Crippen LogP) is 3.31. The first-order chi connectivity index (χ1) is 9.20. The summed E-state index contributed by atoms with van der Waals surface area (Å²) in [6.45, 7) is 0.426. The number of rotatable bonds is 3. The maximum Gasteiger partial charge on any atom is 0.134 e. The number of fused-ring (bicyclic) bond motifs is 1. The van der Waals surface area contributed by atoms with Crippen molar-refractivity contribution in [3.8, 4) is 5.75 Å². The van der Waals surface area contributed by atoms with Crippen LogP contribution in [0.15, 0.2) is 47.1 Å². The molecule has 1 aromatic heterocycles. The Morgan fingerprint density at radius 3 is 2.74 bits per heavy atom. The van der Waals surface area contributed by atoms with Crippen molar-refractivity contribution in [2.75, 3.05) is 0 Å². The Kier molecular flexibility index (Phi) is 3.21.